The third-order valence-electron chi connectivity index (χ3n) is 5.04. The van der Waals surface area contributed by atoms with E-state index in [-0.39, 0.29) is 11.8 Å². The van der Waals surface area contributed by atoms with Crippen molar-refractivity contribution in [2.45, 2.75) is 60.3 Å². The van der Waals surface area contributed by atoms with Crippen molar-refractivity contribution < 1.29 is 14.3 Å². The van der Waals surface area contributed by atoms with Gasteiger partial charge in [0.05, 0.1) is 6.61 Å². The zero-order valence-corrected chi connectivity index (χ0v) is 18.8. The maximum atomic E-state index is 12.8. The Morgan fingerprint density at radius 3 is 2.40 bits per heavy atom. The highest BCUT2D eigenvalue weighted by Gasteiger charge is 2.27. The number of rotatable bonds is 10. The second-order valence-corrected chi connectivity index (χ2v) is 8.44. The summed E-state index contributed by atoms with van der Waals surface area (Å²) in [5.41, 5.74) is 3.11. The topological polar surface area (TPSA) is 67.4 Å². The van der Waals surface area contributed by atoms with Gasteiger partial charge >= 0.3 is 0 Å². The summed E-state index contributed by atoms with van der Waals surface area (Å²) in [5, 5.41) is 5.83. The van der Waals surface area contributed by atoms with Crippen LogP contribution in [0.1, 0.15) is 57.6 Å². The number of amides is 2. The smallest absolute Gasteiger partial charge is 0.230 e. The van der Waals surface area contributed by atoms with Crippen molar-refractivity contribution in [3.8, 4) is 5.75 Å². The lowest BCUT2D eigenvalue weighted by Crippen LogP contribution is -2.31. The average molecular weight is 411 g/mol. The Bertz CT molecular complexity index is 874. The van der Waals surface area contributed by atoms with E-state index in [9.17, 15) is 9.59 Å². The normalized spacial score (nSPS) is 11.1. The van der Waals surface area contributed by atoms with Crippen molar-refractivity contribution in [2.75, 3.05) is 17.2 Å². The minimum atomic E-state index is -0.535. The SMILES string of the molecule is CCCC(=O)Nc1cccc(NC(=O)C(C)(C)CCCOc2cc(C)ccc2C)c1. The van der Waals surface area contributed by atoms with Gasteiger partial charge in [0.1, 0.15) is 5.75 Å². The van der Waals surface area contributed by atoms with Crippen LogP contribution in [0.5, 0.6) is 5.75 Å². The molecular weight excluding hydrogens is 376 g/mol. The fourth-order valence-corrected chi connectivity index (χ4v) is 3.10. The summed E-state index contributed by atoms with van der Waals surface area (Å²) in [6.07, 6.45) is 2.76. The van der Waals surface area contributed by atoms with Crippen molar-refractivity contribution in [1.82, 2.24) is 0 Å². The molecule has 0 spiro atoms. The van der Waals surface area contributed by atoms with Gasteiger partial charge in [-0.1, -0.05) is 39.0 Å². The van der Waals surface area contributed by atoms with Gasteiger partial charge in [0.2, 0.25) is 11.8 Å². The largest absolute Gasteiger partial charge is 0.493 e. The van der Waals surface area contributed by atoms with E-state index < -0.39 is 5.41 Å². The van der Waals surface area contributed by atoms with Crippen LogP contribution in [0.4, 0.5) is 11.4 Å². The fourth-order valence-electron chi connectivity index (χ4n) is 3.10. The summed E-state index contributed by atoms with van der Waals surface area (Å²) < 4.78 is 5.91. The zero-order valence-electron chi connectivity index (χ0n) is 18.8. The zero-order chi connectivity index (χ0) is 22.1. The molecule has 0 radical (unpaired) electrons. The number of aryl methyl sites for hydroxylation is 2. The van der Waals surface area contributed by atoms with Gasteiger partial charge in [-0.2, -0.15) is 0 Å². The fraction of sp³-hybridized carbons (Fsp3) is 0.440. The third kappa shape index (κ3) is 7.21. The van der Waals surface area contributed by atoms with Crippen LogP contribution in [0.2, 0.25) is 0 Å². The molecule has 0 saturated heterocycles. The molecule has 2 aromatic carbocycles. The molecule has 0 aliphatic carbocycles. The molecule has 0 aliphatic rings. The molecule has 162 valence electrons. The van der Waals surface area contributed by atoms with Crippen molar-refractivity contribution in [3.05, 3.63) is 53.6 Å². The summed E-state index contributed by atoms with van der Waals surface area (Å²) in [6, 6.07) is 13.4. The number of nitrogens with one attached hydrogen (secondary N) is 2. The molecule has 2 N–H and O–H groups in total. The van der Waals surface area contributed by atoms with E-state index in [2.05, 4.69) is 22.8 Å². The highest BCUT2D eigenvalue weighted by molar-refractivity contribution is 5.96. The van der Waals surface area contributed by atoms with Gasteiger partial charge in [0.15, 0.2) is 0 Å². The molecule has 2 rings (SSSR count). The Balaban J connectivity index is 1.86. The highest BCUT2D eigenvalue weighted by atomic mass is 16.5. The van der Waals surface area contributed by atoms with Crippen LogP contribution in [-0.4, -0.2) is 18.4 Å². The number of benzene rings is 2. The number of carbonyl (C=O) groups excluding carboxylic acids is 2. The molecule has 2 aromatic rings. The van der Waals surface area contributed by atoms with Crippen LogP contribution >= 0.6 is 0 Å². The minimum Gasteiger partial charge on any atom is -0.493 e. The van der Waals surface area contributed by atoms with Gasteiger partial charge in [-0.3, -0.25) is 9.59 Å². The first-order valence-corrected chi connectivity index (χ1v) is 10.6. The van der Waals surface area contributed by atoms with Crippen LogP contribution < -0.4 is 15.4 Å². The number of ether oxygens (including phenoxy) is 1. The average Bonchev–Trinajstić information content (AvgIpc) is 2.68. The Morgan fingerprint density at radius 2 is 1.70 bits per heavy atom. The lowest BCUT2D eigenvalue weighted by molar-refractivity contribution is -0.124. The van der Waals surface area contributed by atoms with E-state index in [0.29, 0.717) is 30.8 Å². The first-order valence-electron chi connectivity index (χ1n) is 10.6. The molecule has 0 heterocycles. The predicted molar refractivity (Wildman–Crippen MR) is 123 cm³/mol. The first-order chi connectivity index (χ1) is 14.2. The van der Waals surface area contributed by atoms with Gasteiger partial charge < -0.3 is 15.4 Å². The van der Waals surface area contributed by atoms with Crippen molar-refractivity contribution in [2.24, 2.45) is 5.41 Å². The lowest BCUT2D eigenvalue weighted by atomic mass is 9.87. The van der Waals surface area contributed by atoms with Crippen LogP contribution in [-0.2, 0) is 9.59 Å². The second kappa shape index (κ2) is 10.8. The van der Waals surface area contributed by atoms with Crippen LogP contribution in [0.3, 0.4) is 0 Å². The van der Waals surface area contributed by atoms with Gasteiger partial charge in [-0.05, 0) is 68.5 Å². The molecular formula is C25H34N2O3. The molecule has 30 heavy (non-hydrogen) atoms. The molecule has 0 aliphatic heterocycles. The van der Waals surface area contributed by atoms with Gasteiger partial charge in [-0.15, -0.1) is 0 Å². The molecule has 2 amide bonds. The number of hydrogen-bond donors (Lipinski definition) is 2. The molecule has 0 unspecified atom stereocenters. The summed E-state index contributed by atoms with van der Waals surface area (Å²) in [6.45, 7) is 10.5. The minimum absolute atomic E-state index is 0.0230. The van der Waals surface area contributed by atoms with Crippen LogP contribution in [0, 0.1) is 19.3 Å². The number of anilines is 2. The molecule has 5 nitrogen and oxygen atoms in total. The molecule has 0 bridgehead atoms. The lowest BCUT2D eigenvalue weighted by Gasteiger charge is -2.24. The Hall–Kier alpha value is -2.82. The summed E-state index contributed by atoms with van der Waals surface area (Å²) >= 11 is 0. The van der Waals surface area contributed by atoms with Gasteiger partial charge in [0, 0.05) is 23.2 Å². The van der Waals surface area contributed by atoms with Crippen molar-refractivity contribution in [1.29, 1.82) is 0 Å². The van der Waals surface area contributed by atoms with Gasteiger partial charge in [0.25, 0.3) is 0 Å². The summed E-state index contributed by atoms with van der Waals surface area (Å²) in [7, 11) is 0. The third-order valence-corrected chi connectivity index (χ3v) is 5.04. The van der Waals surface area contributed by atoms with Gasteiger partial charge in [-0.25, -0.2) is 0 Å². The Morgan fingerprint density at radius 1 is 1.00 bits per heavy atom. The number of carbonyl (C=O) groups is 2. The van der Waals surface area contributed by atoms with Crippen molar-refractivity contribution >= 4 is 23.2 Å². The maximum Gasteiger partial charge on any atom is 0.230 e. The molecule has 0 saturated carbocycles. The van der Waals surface area contributed by atoms with E-state index in [1.165, 1.54) is 5.56 Å². The molecule has 0 aromatic heterocycles. The Labute approximate surface area is 180 Å². The number of hydrogen-bond acceptors (Lipinski definition) is 3. The standard InChI is InChI=1S/C25H34N2O3/c1-6-9-23(28)26-20-10-7-11-21(17-20)27-24(29)25(4,5)14-8-15-30-22-16-18(2)12-13-19(22)3/h7,10-13,16-17H,6,8-9,14-15H2,1-5H3,(H,26,28)(H,27,29). The van der Waals surface area contributed by atoms with Crippen LogP contribution in [0.25, 0.3) is 0 Å². The molecule has 0 atom stereocenters. The molecule has 5 heteroatoms. The predicted octanol–water partition coefficient (Wildman–Crippen LogP) is 5.87. The van der Waals surface area contributed by atoms with E-state index in [1.807, 2.05) is 58.9 Å². The maximum absolute atomic E-state index is 12.8. The van der Waals surface area contributed by atoms with Crippen LogP contribution in [0.15, 0.2) is 42.5 Å². The van der Waals surface area contributed by atoms with E-state index in [0.717, 1.165) is 24.2 Å². The monoisotopic (exact) mass is 410 g/mol. The van der Waals surface area contributed by atoms with E-state index in [1.54, 1.807) is 6.07 Å². The molecule has 0 fully saturated rings. The van der Waals surface area contributed by atoms with Crippen molar-refractivity contribution in [3.63, 3.8) is 0 Å². The summed E-state index contributed by atoms with van der Waals surface area (Å²) in [4.78, 5) is 24.6. The van der Waals surface area contributed by atoms with E-state index in [4.69, 9.17) is 4.74 Å². The highest BCUT2D eigenvalue weighted by Crippen LogP contribution is 2.26. The first kappa shape index (κ1) is 23.5. The summed E-state index contributed by atoms with van der Waals surface area (Å²) in [5.74, 6) is 0.829. The quantitative estimate of drug-likeness (QED) is 0.482. The Kier molecular flexibility index (Phi) is 8.46. The van der Waals surface area contributed by atoms with E-state index >= 15 is 0 Å². The second-order valence-electron chi connectivity index (χ2n) is 8.44.